The predicted molar refractivity (Wildman–Crippen MR) is 96.1 cm³/mol. The number of halogens is 3. The lowest BCUT2D eigenvalue weighted by Crippen LogP contribution is -2.28. The van der Waals surface area contributed by atoms with E-state index in [4.69, 9.17) is 23.2 Å². The fourth-order valence-corrected chi connectivity index (χ4v) is 4.04. The van der Waals surface area contributed by atoms with Crippen molar-refractivity contribution < 1.29 is 17.6 Å². The third kappa shape index (κ3) is 5.17. The summed E-state index contributed by atoms with van der Waals surface area (Å²) in [5.41, 5.74) is 0.364. The molecule has 0 aromatic heterocycles. The van der Waals surface area contributed by atoms with Crippen LogP contribution in [0.2, 0.25) is 10.0 Å². The normalized spacial score (nSPS) is 12.6. The summed E-state index contributed by atoms with van der Waals surface area (Å²) in [6.07, 6.45) is -0.213. The van der Waals surface area contributed by atoms with Crippen LogP contribution >= 0.6 is 23.2 Å². The van der Waals surface area contributed by atoms with Crippen LogP contribution < -0.4 is 5.32 Å². The van der Waals surface area contributed by atoms with Crippen molar-refractivity contribution in [2.24, 2.45) is 0 Å². The second-order valence-electron chi connectivity index (χ2n) is 5.46. The van der Waals surface area contributed by atoms with Crippen LogP contribution in [-0.2, 0) is 14.6 Å². The number of nitrogens with one attached hydrogen (secondary N) is 1. The molecule has 2 aromatic carbocycles. The van der Waals surface area contributed by atoms with Crippen LogP contribution in [0.5, 0.6) is 0 Å². The Bertz CT molecular complexity index is 873. The van der Waals surface area contributed by atoms with E-state index in [-0.39, 0.29) is 27.1 Å². The zero-order valence-corrected chi connectivity index (χ0v) is 15.6. The van der Waals surface area contributed by atoms with Gasteiger partial charge in [0, 0.05) is 11.4 Å². The van der Waals surface area contributed by atoms with E-state index in [1.807, 2.05) is 0 Å². The van der Waals surface area contributed by atoms with Crippen molar-refractivity contribution in [3.8, 4) is 0 Å². The molecule has 0 radical (unpaired) electrons. The van der Waals surface area contributed by atoms with Gasteiger partial charge in [0.15, 0.2) is 9.84 Å². The molecular weight excluding hydrogens is 388 g/mol. The summed E-state index contributed by atoms with van der Waals surface area (Å²) in [6.45, 7) is 1.62. The molecule has 2 aromatic rings. The number of carbonyl (C=O) groups excluding carboxylic acids is 1. The molecule has 0 aliphatic carbocycles. The molecule has 2 rings (SSSR count). The van der Waals surface area contributed by atoms with Crippen molar-refractivity contribution >= 4 is 38.9 Å². The van der Waals surface area contributed by atoms with Gasteiger partial charge in [-0.05, 0) is 36.8 Å². The topological polar surface area (TPSA) is 63.2 Å². The summed E-state index contributed by atoms with van der Waals surface area (Å²) in [4.78, 5) is 12.2. The molecule has 4 nitrogen and oxygen atoms in total. The first-order valence-corrected chi connectivity index (χ1v) is 9.83. The molecule has 1 amide bonds. The summed E-state index contributed by atoms with van der Waals surface area (Å²) >= 11 is 11.7. The van der Waals surface area contributed by atoms with Gasteiger partial charge in [-0.2, -0.15) is 0 Å². The Labute approximate surface area is 155 Å². The smallest absolute Gasteiger partial charge is 0.221 e. The van der Waals surface area contributed by atoms with E-state index in [1.165, 1.54) is 18.2 Å². The van der Waals surface area contributed by atoms with Gasteiger partial charge in [-0.1, -0.05) is 41.4 Å². The van der Waals surface area contributed by atoms with Gasteiger partial charge in [0.25, 0.3) is 0 Å². The summed E-state index contributed by atoms with van der Waals surface area (Å²) in [5.74, 6) is -1.44. The van der Waals surface area contributed by atoms with Gasteiger partial charge >= 0.3 is 0 Å². The highest BCUT2D eigenvalue weighted by molar-refractivity contribution is 7.91. The first kappa shape index (κ1) is 19.7. The van der Waals surface area contributed by atoms with E-state index in [1.54, 1.807) is 25.1 Å². The third-order valence-electron chi connectivity index (χ3n) is 3.58. The SMILES string of the molecule is C[C@@H](NC(=O)CCS(=O)(=O)c1ccccc1)c1cc(F)c(Cl)cc1Cl. The number of rotatable bonds is 6. The monoisotopic (exact) mass is 403 g/mol. The first-order chi connectivity index (χ1) is 11.7. The zero-order chi connectivity index (χ0) is 18.6. The van der Waals surface area contributed by atoms with Crippen molar-refractivity contribution in [3.05, 3.63) is 63.9 Å². The molecule has 1 atom stereocenters. The lowest BCUT2D eigenvalue weighted by atomic mass is 10.1. The van der Waals surface area contributed by atoms with Crippen molar-refractivity contribution in [2.45, 2.75) is 24.3 Å². The van der Waals surface area contributed by atoms with Gasteiger partial charge < -0.3 is 5.32 Å². The molecule has 134 valence electrons. The van der Waals surface area contributed by atoms with Crippen LogP contribution in [-0.4, -0.2) is 20.1 Å². The molecule has 0 heterocycles. The lowest BCUT2D eigenvalue weighted by Gasteiger charge is -2.16. The van der Waals surface area contributed by atoms with Gasteiger partial charge in [-0.15, -0.1) is 0 Å². The molecule has 0 saturated carbocycles. The Balaban J connectivity index is 2.00. The molecular formula is C17H16Cl2FNO3S. The minimum atomic E-state index is -3.54. The van der Waals surface area contributed by atoms with E-state index in [0.29, 0.717) is 5.56 Å². The van der Waals surface area contributed by atoms with Gasteiger partial charge in [-0.25, -0.2) is 12.8 Å². The summed E-state index contributed by atoms with van der Waals surface area (Å²) in [7, 11) is -3.54. The average molecular weight is 404 g/mol. The van der Waals surface area contributed by atoms with Crippen molar-refractivity contribution in [2.75, 3.05) is 5.75 Å². The van der Waals surface area contributed by atoms with Crippen LogP contribution in [0.25, 0.3) is 0 Å². The Kier molecular flexibility index (Phi) is 6.43. The fraction of sp³-hybridized carbons (Fsp3) is 0.235. The Morgan fingerprint density at radius 3 is 2.44 bits per heavy atom. The standard InChI is InChI=1S/C17H16Cl2FNO3S/c1-11(13-9-16(20)15(19)10-14(13)18)21-17(22)7-8-25(23,24)12-5-3-2-4-6-12/h2-6,9-11H,7-8H2,1H3,(H,21,22)/t11-/m1/s1. The van der Waals surface area contributed by atoms with Crippen LogP contribution in [0.1, 0.15) is 24.9 Å². The Morgan fingerprint density at radius 2 is 1.80 bits per heavy atom. The van der Waals surface area contributed by atoms with E-state index in [2.05, 4.69) is 5.32 Å². The lowest BCUT2D eigenvalue weighted by molar-refractivity contribution is -0.121. The predicted octanol–water partition coefficient (Wildman–Crippen LogP) is 4.17. The first-order valence-electron chi connectivity index (χ1n) is 7.42. The summed E-state index contributed by atoms with van der Waals surface area (Å²) in [5, 5.41) is 2.72. The van der Waals surface area contributed by atoms with E-state index >= 15 is 0 Å². The maximum Gasteiger partial charge on any atom is 0.221 e. The molecule has 0 bridgehead atoms. The number of hydrogen-bond donors (Lipinski definition) is 1. The van der Waals surface area contributed by atoms with E-state index in [9.17, 15) is 17.6 Å². The summed E-state index contributed by atoms with van der Waals surface area (Å²) in [6, 6.07) is 9.72. The number of amides is 1. The largest absolute Gasteiger partial charge is 0.349 e. The quantitative estimate of drug-likeness (QED) is 0.735. The minimum Gasteiger partial charge on any atom is -0.349 e. The van der Waals surface area contributed by atoms with Gasteiger partial charge in [0.05, 0.1) is 21.7 Å². The van der Waals surface area contributed by atoms with Gasteiger partial charge in [-0.3, -0.25) is 4.79 Å². The molecule has 0 aliphatic rings. The third-order valence-corrected chi connectivity index (χ3v) is 5.93. The molecule has 0 aliphatic heterocycles. The highest BCUT2D eigenvalue weighted by Gasteiger charge is 2.19. The highest BCUT2D eigenvalue weighted by atomic mass is 35.5. The van der Waals surface area contributed by atoms with Crippen LogP contribution in [0.3, 0.4) is 0 Å². The number of carbonyl (C=O) groups is 1. The van der Waals surface area contributed by atoms with E-state index in [0.717, 1.165) is 6.07 Å². The van der Waals surface area contributed by atoms with Crippen molar-refractivity contribution in [3.63, 3.8) is 0 Å². The van der Waals surface area contributed by atoms with Crippen LogP contribution in [0.15, 0.2) is 47.4 Å². The number of benzene rings is 2. The average Bonchev–Trinajstić information content (AvgIpc) is 2.57. The molecule has 0 unspecified atom stereocenters. The molecule has 25 heavy (non-hydrogen) atoms. The molecule has 8 heteroatoms. The van der Waals surface area contributed by atoms with Gasteiger partial charge in [0.2, 0.25) is 5.91 Å². The van der Waals surface area contributed by atoms with Crippen LogP contribution in [0, 0.1) is 5.82 Å². The Morgan fingerprint density at radius 1 is 1.16 bits per heavy atom. The zero-order valence-electron chi connectivity index (χ0n) is 13.3. The number of sulfone groups is 1. The van der Waals surface area contributed by atoms with Crippen molar-refractivity contribution in [1.82, 2.24) is 5.32 Å². The van der Waals surface area contributed by atoms with Gasteiger partial charge in [0.1, 0.15) is 5.82 Å². The second kappa shape index (κ2) is 8.17. The highest BCUT2D eigenvalue weighted by Crippen LogP contribution is 2.28. The van der Waals surface area contributed by atoms with Crippen LogP contribution in [0.4, 0.5) is 4.39 Å². The molecule has 0 spiro atoms. The molecule has 0 saturated heterocycles. The summed E-state index contributed by atoms with van der Waals surface area (Å²) < 4.78 is 37.9. The van der Waals surface area contributed by atoms with E-state index < -0.39 is 27.6 Å². The molecule has 1 N–H and O–H groups in total. The maximum absolute atomic E-state index is 13.6. The molecule has 0 fully saturated rings. The maximum atomic E-state index is 13.6. The second-order valence-corrected chi connectivity index (χ2v) is 8.38. The van der Waals surface area contributed by atoms with Crippen molar-refractivity contribution in [1.29, 1.82) is 0 Å². The fourth-order valence-electron chi connectivity index (χ4n) is 2.23. The minimum absolute atomic E-state index is 0.110. The Hall–Kier alpha value is -1.63. The number of hydrogen-bond acceptors (Lipinski definition) is 3.